The Morgan fingerprint density at radius 2 is 2.00 bits per heavy atom. The number of hydrogen-bond acceptors (Lipinski definition) is 7. The molecular weight excluding hydrogens is 268 g/mol. The summed E-state index contributed by atoms with van der Waals surface area (Å²) in [6.07, 6.45) is 0.135. The predicted octanol–water partition coefficient (Wildman–Crippen LogP) is -0.147. The van der Waals surface area contributed by atoms with E-state index in [0.29, 0.717) is 16.6 Å². The van der Waals surface area contributed by atoms with Gasteiger partial charge in [0.15, 0.2) is 0 Å². The van der Waals surface area contributed by atoms with Crippen molar-refractivity contribution in [1.82, 2.24) is 15.5 Å². The van der Waals surface area contributed by atoms with Crippen LogP contribution in [0, 0.1) is 5.92 Å². The zero-order valence-electron chi connectivity index (χ0n) is 11.2. The standard InChI is InChI=1S/C11H18N4O3S/c1-6(11(17)18-3)7(2)13-8(16)4-9-14-15-10(5-12)19-9/h6-7H,4-5,12H2,1-3H3,(H,13,16). The lowest BCUT2D eigenvalue weighted by atomic mass is 10.0. The number of nitrogens with zero attached hydrogens (tertiary/aromatic N) is 2. The summed E-state index contributed by atoms with van der Waals surface area (Å²) < 4.78 is 4.63. The second-order valence-corrected chi connectivity index (χ2v) is 5.29. The molecular formula is C11H18N4O3S. The van der Waals surface area contributed by atoms with Crippen LogP contribution in [0.15, 0.2) is 0 Å². The van der Waals surface area contributed by atoms with Gasteiger partial charge in [0.1, 0.15) is 10.0 Å². The Kier molecular flexibility index (Phi) is 5.84. The van der Waals surface area contributed by atoms with E-state index >= 15 is 0 Å². The Balaban J connectivity index is 2.48. The molecule has 0 aliphatic carbocycles. The molecule has 106 valence electrons. The van der Waals surface area contributed by atoms with Gasteiger partial charge in [0, 0.05) is 12.6 Å². The van der Waals surface area contributed by atoms with Gasteiger partial charge in [-0.25, -0.2) is 0 Å². The lowest BCUT2D eigenvalue weighted by Crippen LogP contribution is -2.41. The molecule has 8 heteroatoms. The van der Waals surface area contributed by atoms with Crippen LogP contribution < -0.4 is 11.1 Å². The molecule has 0 aliphatic heterocycles. The number of ether oxygens (including phenoxy) is 1. The minimum Gasteiger partial charge on any atom is -0.469 e. The normalized spacial score (nSPS) is 13.7. The number of esters is 1. The van der Waals surface area contributed by atoms with Crippen molar-refractivity contribution in [3.63, 3.8) is 0 Å². The third-order valence-corrected chi connectivity index (χ3v) is 3.65. The van der Waals surface area contributed by atoms with Gasteiger partial charge in [-0.2, -0.15) is 0 Å². The maximum Gasteiger partial charge on any atom is 0.310 e. The number of carbonyl (C=O) groups excluding carboxylic acids is 2. The quantitative estimate of drug-likeness (QED) is 0.704. The first-order valence-electron chi connectivity index (χ1n) is 5.86. The summed E-state index contributed by atoms with van der Waals surface area (Å²) in [5, 5.41) is 11.7. The fourth-order valence-corrected chi connectivity index (χ4v) is 2.12. The summed E-state index contributed by atoms with van der Waals surface area (Å²) in [5.41, 5.74) is 5.42. The molecule has 0 saturated carbocycles. The molecule has 0 bridgehead atoms. The monoisotopic (exact) mass is 286 g/mol. The smallest absolute Gasteiger partial charge is 0.310 e. The molecule has 1 aromatic rings. The van der Waals surface area contributed by atoms with Crippen LogP contribution in [-0.2, 0) is 27.3 Å². The second kappa shape index (κ2) is 7.15. The van der Waals surface area contributed by atoms with Crippen molar-refractivity contribution < 1.29 is 14.3 Å². The topological polar surface area (TPSA) is 107 Å². The molecule has 0 saturated heterocycles. The van der Waals surface area contributed by atoms with Gasteiger partial charge >= 0.3 is 5.97 Å². The Labute approximate surface area is 115 Å². The van der Waals surface area contributed by atoms with Crippen LogP contribution in [0.5, 0.6) is 0 Å². The van der Waals surface area contributed by atoms with Crippen LogP contribution >= 0.6 is 11.3 Å². The first-order valence-corrected chi connectivity index (χ1v) is 6.68. The largest absolute Gasteiger partial charge is 0.469 e. The van der Waals surface area contributed by atoms with E-state index in [4.69, 9.17) is 5.73 Å². The van der Waals surface area contributed by atoms with Gasteiger partial charge in [-0.05, 0) is 13.8 Å². The number of amides is 1. The molecule has 1 heterocycles. The molecule has 1 amide bonds. The number of aromatic nitrogens is 2. The van der Waals surface area contributed by atoms with E-state index in [2.05, 4.69) is 20.3 Å². The minimum atomic E-state index is -0.400. The van der Waals surface area contributed by atoms with Crippen molar-refractivity contribution in [1.29, 1.82) is 0 Å². The van der Waals surface area contributed by atoms with E-state index in [0.717, 1.165) is 0 Å². The van der Waals surface area contributed by atoms with E-state index in [9.17, 15) is 9.59 Å². The Morgan fingerprint density at radius 3 is 2.53 bits per heavy atom. The molecule has 0 spiro atoms. The molecule has 1 aromatic heterocycles. The first kappa shape index (κ1) is 15.5. The average molecular weight is 286 g/mol. The van der Waals surface area contributed by atoms with Crippen molar-refractivity contribution >= 4 is 23.2 Å². The molecule has 1 rings (SSSR count). The van der Waals surface area contributed by atoms with Gasteiger partial charge in [-0.1, -0.05) is 11.3 Å². The number of methoxy groups -OCH3 is 1. The predicted molar refractivity (Wildman–Crippen MR) is 70.3 cm³/mol. The number of nitrogens with two attached hydrogens (primary N) is 1. The van der Waals surface area contributed by atoms with Gasteiger partial charge < -0.3 is 15.8 Å². The van der Waals surface area contributed by atoms with Crippen molar-refractivity contribution in [2.24, 2.45) is 11.7 Å². The summed E-state index contributed by atoms with van der Waals surface area (Å²) >= 11 is 1.31. The van der Waals surface area contributed by atoms with Crippen LogP contribution in [0.3, 0.4) is 0 Å². The SMILES string of the molecule is COC(=O)C(C)C(C)NC(=O)Cc1nnc(CN)s1. The highest BCUT2D eigenvalue weighted by atomic mass is 32.1. The molecule has 2 unspecified atom stereocenters. The molecule has 0 aromatic carbocycles. The highest BCUT2D eigenvalue weighted by molar-refractivity contribution is 7.11. The highest BCUT2D eigenvalue weighted by Crippen LogP contribution is 2.10. The van der Waals surface area contributed by atoms with Gasteiger partial charge in [-0.15, -0.1) is 10.2 Å². The van der Waals surface area contributed by atoms with Crippen LogP contribution in [0.2, 0.25) is 0 Å². The van der Waals surface area contributed by atoms with Crippen molar-refractivity contribution in [3.8, 4) is 0 Å². The summed E-state index contributed by atoms with van der Waals surface area (Å²) in [5.74, 6) is -0.958. The van der Waals surface area contributed by atoms with Gasteiger partial charge in [0.25, 0.3) is 0 Å². The van der Waals surface area contributed by atoms with E-state index in [1.807, 2.05) is 0 Å². The Morgan fingerprint density at radius 1 is 1.37 bits per heavy atom. The van der Waals surface area contributed by atoms with Crippen LogP contribution in [0.4, 0.5) is 0 Å². The summed E-state index contributed by atoms with van der Waals surface area (Å²) in [6.45, 7) is 3.77. The van der Waals surface area contributed by atoms with Gasteiger partial charge in [-0.3, -0.25) is 9.59 Å². The maximum atomic E-state index is 11.8. The third kappa shape index (κ3) is 4.56. The fourth-order valence-electron chi connectivity index (χ4n) is 1.40. The van der Waals surface area contributed by atoms with Gasteiger partial charge in [0.2, 0.25) is 5.91 Å². The summed E-state index contributed by atoms with van der Waals surface area (Å²) in [6, 6.07) is -0.304. The zero-order valence-corrected chi connectivity index (χ0v) is 12.0. The van der Waals surface area contributed by atoms with Gasteiger partial charge in [0.05, 0.1) is 19.4 Å². The molecule has 0 radical (unpaired) electrons. The first-order chi connectivity index (χ1) is 8.97. The van der Waals surface area contributed by atoms with E-state index in [1.54, 1.807) is 13.8 Å². The minimum absolute atomic E-state index is 0.135. The van der Waals surface area contributed by atoms with Crippen LogP contribution in [0.25, 0.3) is 0 Å². The van der Waals surface area contributed by atoms with Crippen molar-refractivity contribution in [2.45, 2.75) is 32.9 Å². The average Bonchev–Trinajstić information content (AvgIpc) is 2.84. The second-order valence-electron chi connectivity index (χ2n) is 4.14. The molecule has 0 fully saturated rings. The van der Waals surface area contributed by atoms with Crippen LogP contribution in [-0.4, -0.2) is 35.2 Å². The third-order valence-electron chi connectivity index (χ3n) is 2.71. The molecule has 2 atom stereocenters. The zero-order chi connectivity index (χ0) is 14.4. The maximum absolute atomic E-state index is 11.8. The molecule has 7 nitrogen and oxygen atoms in total. The number of nitrogens with one attached hydrogen (secondary N) is 1. The van der Waals surface area contributed by atoms with E-state index < -0.39 is 5.92 Å². The number of rotatable bonds is 6. The fraction of sp³-hybridized carbons (Fsp3) is 0.636. The highest BCUT2D eigenvalue weighted by Gasteiger charge is 2.22. The molecule has 19 heavy (non-hydrogen) atoms. The lowest BCUT2D eigenvalue weighted by molar-refractivity contribution is -0.145. The summed E-state index contributed by atoms with van der Waals surface area (Å²) in [4.78, 5) is 23.1. The molecule has 0 aliphatic rings. The number of hydrogen-bond donors (Lipinski definition) is 2. The number of carbonyl (C=O) groups is 2. The summed E-state index contributed by atoms with van der Waals surface area (Å²) in [7, 11) is 1.32. The van der Waals surface area contributed by atoms with Crippen LogP contribution in [0.1, 0.15) is 23.9 Å². The van der Waals surface area contributed by atoms with Crippen molar-refractivity contribution in [3.05, 3.63) is 10.0 Å². The molecule has 3 N–H and O–H groups in total. The van der Waals surface area contributed by atoms with E-state index in [1.165, 1.54) is 18.4 Å². The Bertz CT molecular complexity index is 449. The lowest BCUT2D eigenvalue weighted by Gasteiger charge is -2.18. The van der Waals surface area contributed by atoms with Crippen molar-refractivity contribution in [2.75, 3.05) is 7.11 Å². The van der Waals surface area contributed by atoms with E-state index in [-0.39, 0.29) is 24.3 Å². The Hall–Kier alpha value is -1.54.